The largest absolute Gasteiger partial charge is 0.479 e. The summed E-state index contributed by atoms with van der Waals surface area (Å²) in [6, 6.07) is 0. The third-order valence-electron chi connectivity index (χ3n) is 4.88. The molecule has 0 amide bonds. The lowest BCUT2D eigenvalue weighted by Crippen LogP contribution is -2.45. The van der Waals surface area contributed by atoms with Crippen LogP contribution in [0.15, 0.2) is 6.33 Å². The maximum atomic E-state index is 16.0. The van der Waals surface area contributed by atoms with Crippen LogP contribution in [0.1, 0.15) is 27.0 Å². The van der Waals surface area contributed by atoms with Crippen molar-refractivity contribution in [3.8, 4) is 5.88 Å². The fourth-order valence-electron chi connectivity index (χ4n) is 3.56. The number of hydrogen-bond acceptors (Lipinski definition) is 12. The van der Waals surface area contributed by atoms with E-state index in [9.17, 15) is 9.36 Å². The molecule has 0 aliphatic carbocycles. The average molecular weight is 475 g/mol. The lowest BCUT2D eigenvalue weighted by Gasteiger charge is -2.33. The summed E-state index contributed by atoms with van der Waals surface area (Å²) in [5.41, 5.74) is 3.94. The van der Waals surface area contributed by atoms with Gasteiger partial charge in [0.2, 0.25) is 11.8 Å². The highest BCUT2D eigenvalue weighted by molar-refractivity contribution is 7.48. The highest BCUT2D eigenvalue weighted by Gasteiger charge is 2.61. The van der Waals surface area contributed by atoms with Crippen molar-refractivity contribution in [3.63, 3.8) is 0 Å². The second-order valence-corrected chi connectivity index (χ2v) is 9.30. The highest BCUT2D eigenvalue weighted by Crippen LogP contribution is 2.59. The number of esters is 1. The van der Waals surface area contributed by atoms with Crippen LogP contribution in [0.3, 0.4) is 0 Å². The number of nitrogens with two attached hydrogens (primary N) is 1. The molecular formula is C17H23FN5O8P. The van der Waals surface area contributed by atoms with Crippen LogP contribution in [0.5, 0.6) is 5.88 Å². The third-order valence-corrected chi connectivity index (χ3v) is 6.28. The van der Waals surface area contributed by atoms with Gasteiger partial charge in [-0.2, -0.15) is 9.97 Å². The van der Waals surface area contributed by atoms with Crippen LogP contribution in [0.4, 0.5) is 10.3 Å². The van der Waals surface area contributed by atoms with Gasteiger partial charge >= 0.3 is 13.8 Å². The fourth-order valence-corrected chi connectivity index (χ4v) is 4.97. The molecule has 32 heavy (non-hydrogen) atoms. The van der Waals surface area contributed by atoms with Crippen LogP contribution >= 0.6 is 7.82 Å². The van der Waals surface area contributed by atoms with Crippen LogP contribution in [0.2, 0.25) is 0 Å². The first-order valence-electron chi connectivity index (χ1n) is 9.69. The van der Waals surface area contributed by atoms with Gasteiger partial charge < -0.3 is 19.9 Å². The molecular weight excluding hydrogens is 452 g/mol. The number of ether oxygens (including phenoxy) is 3. The minimum absolute atomic E-state index is 0.0992. The van der Waals surface area contributed by atoms with Crippen molar-refractivity contribution in [2.24, 2.45) is 0 Å². The molecule has 15 heteroatoms. The standard InChI is InChI=1S/C17H23FN5O8P/c1-8(2)29-10(24)6-28-32(25)27-5-9-12(31-32)17(3,18)15(30-9)23-7-20-11-13(23)21-16(19)22-14(11)26-4/h7-9,12,15H,5-6H2,1-4H3,(H2,19,21,22)/t9-,12-,15-,17-,32?/m1/s1. The average Bonchev–Trinajstić information content (AvgIpc) is 3.23. The Morgan fingerprint density at radius 3 is 2.91 bits per heavy atom. The van der Waals surface area contributed by atoms with Crippen molar-refractivity contribution in [1.29, 1.82) is 0 Å². The molecule has 2 aromatic heterocycles. The molecule has 2 saturated heterocycles. The number of aromatic nitrogens is 4. The quantitative estimate of drug-likeness (QED) is 0.475. The van der Waals surface area contributed by atoms with Crippen LogP contribution in [-0.2, 0) is 32.4 Å². The third kappa shape index (κ3) is 4.04. The molecule has 0 bridgehead atoms. The van der Waals surface area contributed by atoms with E-state index in [0.717, 1.165) is 0 Å². The number of phosphoric acid groups is 1. The summed E-state index contributed by atoms with van der Waals surface area (Å²) in [6.45, 7) is 3.55. The second kappa shape index (κ2) is 8.19. The monoisotopic (exact) mass is 475 g/mol. The summed E-state index contributed by atoms with van der Waals surface area (Å²) in [7, 11) is -2.86. The van der Waals surface area contributed by atoms with E-state index in [1.54, 1.807) is 13.8 Å². The lowest BCUT2D eigenvalue weighted by molar-refractivity contribution is -0.151. The Morgan fingerprint density at radius 1 is 1.47 bits per heavy atom. The number of phosphoric ester groups is 1. The van der Waals surface area contributed by atoms with Gasteiger partial charge in [0, 0.05) is 0 Å². The van der Waals surface area contributed by atoms with Gasteiger partial charge in [-0.3, -0.25) is 18.1 Å². The van der Waals surface area contributed by atoms with Crippen molar-refractivity contribution in [2.45, 2.75) is 51.0 Å². The van der Waals surface area contributed by atoms with Crippen molar-refractivity contribution in [3.05, 3.63) is 6.33 Å². The molecule has 5 atom stereocenters. The van der Waals surface area contributed by atoms with E-state index in [4.69, 9.17) is 33.5 Å². The first-order chi connectivity index (χ1) is 15.0. The Bertz CT molecular complexity index is 1080. The number of alkyl halides is 1. The van der Waals surface area contributed by atoms with Gasteiger partial charge in [0.15, 0.2) is 29.7 Å². The van der Waals surface area contributed by atoms with Gasteiger partial charge in [-0.1, -0.05) is 0 Å². The summed E-state index contributed by atoms with van der Waals surface area (Å²) in [5, 5.41) is 0. The van der Waals surface area contributed by atoms with Crippen LogP contribution in [0, 0.1) is 0 Å². The first kappa shape index (κ1) is 22.8. The molecule has 2 aliphatic heterocycles. The van der Waals surface area contributed by atoms with Crippen molar-refractivity contribution in [2.75, 3.05) is 26.1 Å². The first-order valence-corrected chi connectivity index (χ1v) is 11.2. The Hall–Kier alpha value is -2.38. The number of anilines is 1. The number of methoxy groups -OCH3 is 1. The van der Waals surface area contributed by atoms with Gasteiger partial charge in [0.25, 0.3) is 0 Å². The van der Waals surface area contributed by atoms with E-state index in [1.807, 2.05) is 0 Å². The van der Waals surface area contributed by atoms with Gasteiger partial charge in [-0.05, 0) is 20.8 Å². The molecule has 2 aromatic rings. The van der Waals surface area contributed by atoms with Crippen molar-refractivity contribution in [1.82, 2.24) is 19.5 Å². The van der Waals surface area contributed by atoms with Gasteiger partial charge in [-0.15, -0.1) is 0 Å². The van der Waals surface area contributed by atoms with E-state index < -0.39 is 44.5 Å². The van der Waals surface area contributed by atoms with Crippen LogP contribution in [0.25, 0.3) is 11.2 Å². The number of halogens is 1. The van der Waals surface area contributed by atoms with Crippen LogP contribution < -0.4 is 10.5 Å². The predicted molar refractivity (Wildman–Crippen MR) is 105 cm³/mol. The zero-order valence-corrected chi connectivity index (χ0v) is 18.7. The molecule has 0 radical (unpaired) electrons. The minimum atomic E-state index is -4.24. The number of carbonyl (C=O) groups excluding carboxylic acids is 1. The molecule has 0 spiro atoms. The Kier molecular flexibility index (Phi) is 5.84. The lowest BCUT2D eigenvalue weighted by atomic mass is 9.98. The molecule has 13 nitrogen and oxygen atoms in total. The summed E-state index contributed by atoms with van der Waals surface area (Å²) in [6.07, 6.45) is -2.60. The molecule has 0 aromatic carbocycles. The molecule has 2 N–H and O–H groups in total. The minimum Gasteiger partial charge on any atom is -0.479 e. The van der Waals surface area contributed by atoms with Gasteiger partial charge in [-0.25, -0.2) is 18.7 Å². The normalized spacial score (nSPS) is 32.2. The fraction of sp³-hybridized carbons (Fsp3) is 0.647. The molecule has 4 heterocycles. The van der Waals surface area contributed by atoms with Crippen molar-refractivity contribution < 1.29 is 41.5 Å². The Labute approximate surface area is 181 Å². The maximum Gasteiger partial charge on any atom is 0.475 e. The summed E-state index contributed by atoms with van der Waals surface area (Å²) in [5.74, 6) is -0.741. The molecule has 4 rings (SSSR count). The van der Waals surface area contributed by atoms with E-state index in [2.05, 4.69) is 15.0 Å². The number of nitrogens with zero attached hydrogens (tertiary/aromatic N) is 4. The molecule has 1 unspecified atom stereocenters. The molecule has 2 aliphatic rings. The number of carbonyl (C=O) groups is 1. The molecule has 0 saturated carbocycles. The summed E-state index contributed by atoms with van der Waals surface area (Å²) >= 11 is 0. The number of nitrogen functional groups attached to an aromatic ring is 1. The van der Waals surface area contributed by atoms with Crippen LogP contribution in [-0.4, -0.2) is 69.8 Å². The predicted octanol–water partition coefficient (Wildman–Crippen LogP) is 1.53. The van der Waals surface area contributed by atoms with Gasteiger partial charge in [0.05, 0.1) is 26.1 Å². The van der Waals surface area contributed by atoms with E-state index in [-0.39, 0.29) is 35.7 Å². The Morgan fingerprint density at radius 2 is 2.22 bits per heavy atom. The number of hydrogen-bond donors (Lipinski definition) is 1. The number of fused-ring (bicyclic) bond motifs is 2. The Balaban J connectivity index is 1.56. The molecule has 2 fully saturated rings. The van der Waals surface area contributed by atoms with E-state index in [1.165, 1.54) is 24.9 Å². The maximum absolute atomic E-state index is 16.0. The SMILES string of the molecule is COc1nc(N)nc2c1ncn2[C@@H]1O[C@@H]2COP(=O)(OCC(=O)OC(C)C)O[C@H]2[C@@]1(C)F. The summed E-state index contributed by atoms with van der Waals surface area (Å²) < 4.78 is 61.5. The second-order valence-electron chi connectivity index (χ2n) is 7.67. The zero-order chi connectivity index (χ0) is 23.3. The zero-order valence-electron chi connectivity index (χ0n) is 17.8. The van der Waals surface area contributed by atoms with E-state index in [0.29, 0.717) is 0 Å². The van der Waals surface area contributed by atoms with E-state index >= 15 is 4.39 Å². The number of rotatable bonds is 6. The van der Waals surface area contributed by atoms with Gasteiger partial charge in [0.1, 0.15) is 12.2 Å². The topological polar surface area (TPSA) is 159 Å². The smallest absolute Gasteiger partial charge is 0.475 e. The highest BCUT2D eigenvalue weighted by atomic mass is 31.2. The molecule has 176 valence electrons. The summed E-state index contributed by atoms with van der Waals surface area (Å²) in [4.78, 5) is 23.9. The van der Waals surface area contributed by atoms with Crippen molar-refractivity contribution >= 4 is 30.9 Å². The number of imidazole rings is 1.